The number of rotatable bonds is 0. The maximum atomic E-state index is 1.72. The minimum Gasteiger partial charge on any atom is -0.0461 e. The maximum Gasteiger partial charge on any atom is -0.00934 e. The second-order valence-corrected chi connectivity index (χ2v) is 12.4. The standard InChI is InChI=1S/C21H20/c1-5-2-8-12-16-14-10-4-6-3-9-13-15-11-7(1)17(5,8)19(11,12)21(15,16)20(13,14)18(6,9)10/h5-16H,1-4H2/t5?,6?,7-,8+,9+,10-,11-,12+,13+,14-,15?,16?,17?,18?,19?,20?,21?. The van der Waals surface area contributed by atoms with Crippen molar-refractivity contribution in [1.82, 2.24) is 0 Å². The van der Waals surface area contributed by atoms with Gasteiger partial charge in [-0.05, 0) is 124 Å². The van der Waals surface area contributed by atoms with Gasteiger partial charge in [-0.2, -0.15) is 0 Å². The van der Waals surface area contributed by atoms with Crippen LogP contribution < -0.4 is 0 Å². The third-order valence-electron chi connectivity index (χ3n) is 15.2. The lowest BCUT2D eigenvalue weighted by Crippen LogP contribution is -3.25. The third-order valence-corrected chi connectivity index (χ3v) is 15.2. The van der Waals surface area contributed by atoms with Gasteiger partial charge in [-0.15, -0.1) is 0 Å². The monoisotopic (exact) mass is 272 g/mol. The molecule has 12 rings (SSSR count). The largest absolute Gasteiger partial charge is 0.0461 e. The SMILES string of the molecule is C1C2C[C@H]3[C@H]4C5[C@H]6[C@H]7CC8C[C@H]9[C@H]%10C%11[C@H]%12[C@@H]1C23C4%12C5%11C%106C879. The van der Waals surface area contributed by atoms with Crippen molar-refractivity contribution in [1.29, 1.82) is 0 Å². The normalized spacial score (nSPS) is 112. The van der Waals surface area contributed by atoms with Crippen molar-refractivity contribution in [2.75, 3.05) is 0 Å². The Morgan fingerprint density at radius 3 is 1.14 bits per heavy atom. The highest BCUT2D eigenvalue weighted by atomic mass is 15.3. The zero-order valence-corrected chi connectivity index (χ0v) is 12.3. The fraction of sp³-hybridized carbons (Fsp3) is 1.00. The molecule has 0 heterocycles. The Balaban J connectivity index is 1.24. The predicted molar refractivity (Wildman–Crippen MR) is 72.5 cm³/mol. The summed E-state index contributed by atoms with van der Waals surface area (Å²) in [6, 6.07) is 0. The lowest BCUT2D eigenvalue weighted by Gasteiger charge is -3.28. The van der Waals surface area contributed by atoms with Crippen LogP contribution in [0.25, 0.3) is 0 Å². The molecule has 12 saturated carbocycles. The van der Waals surface area contributed by atoms with Crippen LogP contribution in [0.1, 0.15) is 25.7 Å². The number of hydrogen-bond acceptors (Lipinski definition) is 0. The molecular formula is C21H20. The first-order chi connectivity index (χ1) is 10.4. The Labute approximate surface area is 124 Å². The van der Waals surface area contributed by atoms with Crippen molar-refractivity contribution in [3.05, 3.63) is 0 Å². The Bertz CT molecular complexity index is 734. The van der Waals surface area contributed by atoms with Gasteiger partial charge in [0, 0.05) is 0 Å². The van der Waals surface area contributed by atoms with Crippen molar-refractivity contribution < 1.29 is 0 Å². The first kappa shape index (κ1) is 8.20. The Hall–Kier alpha value is 0. The van der Waals surface area contributed by atoms with Crippen LogP contribution in [0.15, 0.2) is 0 Å². The third kappa shape index (κ3) is 0.266. The van der Waals surface area contributed by atoms with E-state index in [0.29, 0.717) is 0 Å². The molecule has 8 unspecified atom stereocenters. The Kier molecular flexibility index (Phi) is 0.576. The Morgan fingerprint density at radius 2 is 0.810 bits per heavy atom. The summed E-state index contributed by atoms with van der Waals surface area (Å²) in [6.07, 6.45) is 6.88. The molecule has 16 atom stereocenters. The van der Waals surface area contributed by atoms with Gasteiger partial charge in [0.1, 0.15) is 0 Å². The summed E-state index contributed by atoms with van der Waals surface area (Å²) in [7, 11) is 0. The summed E-state index contributed by atoms with van der Waals surface area (Å²) >= 11 is 0. The summed E-state index contributed by atoms with van der Waals surface area (Å²) in [5, 5.41) is 0. The van der Waals surface area contributed by atoms with Crippen molar-refractivity contribution in [2.24, 2.45) is 98.1 Å². The molecule has 0 nitrogen and oxygen atoms in total. The van der Waals surface area contributed by atoms with Crippen LogP contribution in [-0.4, -0.2) is 0 Å². The molecule has 0 saturated heterocycles. The van der Waals surface area contributed by atoms with Crippen LogP contribution in [0.5, 0.6) is 0 Å². The van der Waals surface area contributed by atoms with Gasteiger partial charge >= 0.3 is 0 Å². The van der Waals surface area contributed by atoms with E-state index in [2.05, 4.69) is 0 Å². The van der Waals surface area contributed by atoms with E-state index in [1.807, 2.05) is 0 Å². The summed E-state index contributed by atoms with van der Waals surface area (Å²) in [4.78, 5) is 0. The van der Waals surface area contributed by atoms with Crippen LogP contribution in [0.3, 0.4) is 0 Å². The highest BCUT2D eigenvalue weighted by Gasteiger charge is 3.26. The summed E-state index contributed by atoms with van der Waals surface area (Å²) in [6.45, 7) is 0. The lowest BCUT2D eigenvalue weighted by atomic mass is 8.75. The molecular weight excluding hydrogens is 252 g/mol. The van der Waals surface area contributed by atoms with Gasteiger partial charge < -0.3 is 0 Å². The molecule has 21 heavy (non-hydrogen) atoms. The second-order valence-electron chi connectivity index (χ2n) is 12.4. The zero-order valence-electron chi connectivity index (χ0n) is 12.3. The van der Waals surface area contributed by atoms with Gasteiger partial charge in [0.25, 0.3) is 0 Å². The van der Waals surface area contributed by atoms with E-state index >= 15 is 0 Å². The molecule has 0 aromatic heterocycles. The van der Waals surface area contributed by atoms with Gasteiger partial charge in [0.05, 0.1) is 0 Å². The molecule has 104 valence electrons. The molecule has 0 bridgehead atoms. The minimum atomic E-state index is 1.08. The summed E-state index contributed by atoms with van der Waals surface area (Å²) in [5.74, 6) is 15.9. The van der Waals surface area contributed by atoms with Crippen LogP contribution >= 0.6 is 0 Å². The van der Waals surface area contributed by atoms with E-state index in [9.17, 15) is 0 Å². The summed E-state index contributed by atoms with van der Waals surface area (Å²) in [5.41, 5.74) is 5.45. The smallest absolute Gasteiger partial charge is 0.00934 e. The zero-order chi connectivity index (χ0) is 12.3. The molecule has 12 aliphatic rings. The molecule has 0 aromatic rings. The van der Waals surface area contributed by atoms with Crippen molar-refractivity contribution in [3.8, 4) is 0 Å². The van der Waals surface area contributed by atoms with Crippen molar-refractivity contribution in [2.45, 2.75) is 25.7 Å². The quantitative estimate of drug-likeness (QED) is 0.636. The first-order valence-corrected chi connectivity index (χ1v) is 10.4. The summed E-state index contributed by atoms with van der Waals surface area (Å²) < 4.78 is 0. The van der Waals surface area contributed by atoms with Crippen molar-refractivity contribution in [3.63, 3.8) is 0 Å². The maximum absolute atomic E-state index is 1.72. The van der Waals surface area contributed by atoms with Gasteiger partial charge in [0.15, 0.2) is 0 Å². The van der Waals surface area contributed by atoms with Crippen LogP contribution in [0, 0.1) is 98.1 Å². The number of hydrogen-bond donors (Lipinski definition) is 0. The topological polar surface area (TPSA) is 0 Å². The molecule has 0 radical (unpaired) electrons. The fourth-order valence-electron chi connectivity index (χ4n) is 17.1. The van der Waals surface area contributed by atoms with Gasteiger partial charge in [-0.3, -0.25) is 0 Å². The van der Waals surface area contributed by atoms with E-state index in [4.69, 9.17) is 0 Å². The van der Waals surface area contributed by atoms with Crippen LogP contribution in [-0.2, 0) is 0 Å². The second kappa shape index (κ2) is 1.47. The minimum absolute atomic E-state index is 1.08. The Morgan fingerprint density at radius 1 is 0.429 bits per heavy atom. The molecule has 0 aliphatic heterocycles. The van der Waals surface area contributed by atoms with E-state index in [1.165, 1.54) is 71.0 Å². The van der Waals surface area contributed by atoms with E-state index in [-0.39, 0.29) is 0 Å². The van der Waals surface area contributed by atoms with E-state index in [1.54, 1.807) is 25.7 Å². The molecule has 0 N–H and O–H groups in total. The molecule has 0 amide bonds. The van der Waals surface area contributed by atoms with Crippen LogP contribution in [0.2, 0.25) is 0 Å². The highest BCUT2D eigenvalue weighted by molar-refractivity contribution is 5.71. The average molecular weight is 272 g/mol. The lowest BCUT2D eigenvalue weighted by molar-refractivity contribution is -0.824. The molecule has 12 aliphatic carbocycles. The number of fused-ring (bicyclic) bond motifs is 8. The highest BCUT2D eigenvalue weighted by Crippen LogP contribution is 3.28. The fourth-order valence-corrected chi connectivity index (χ4v) is 17.1. The molecule has 12 fully saturated rings. The molecule has 5 spiro atoms. The van der Waals surface area contributed by atoms with E-state index < -0.39 is 0 Å². The van der Waals surface area contributed by atoms with Crippen molar-refractivity contribution >= 4 is 0 Å². The van der Waals surface area contributed by atoms with E-state index in [0.717, 1.165) is 27.1 Å². The van der Waals surface area contributed by atoms with Gasteiger partial charge in [-0.25, -0.2) is 0 Å². The molecule has 0 aromatic carbocycles. The van der Waals surface area contributed by atoms with Crippen LogP contribution in [0.4, 0.5) is 0 Å². The first-order valence-electron chi connectivity index (χ1n) is 10.4. The van der Waals surface area contributed by atoms with Gasteiger partial charge in [-0.1, -0.05) is 0 Å². The average Bonchev–Trinajstić information content (AvgIpc) is 2.34. The predicted octanol–water partition coefficient (Wildman–Crippen LogP) is 3.04. The molecule has 0 heteroatoms. The van der Waals surface area contributed by atoms with Gasteiger partial charge in [0.2, 0.25) is 0 Å².